The molecular formula is C18H21F3N4O2. The average Bonchev–Trinajstić information content (AvgIpc) is 2.84. The lowest BCUT2D eigenvalue weighted by molar-refractivity contribution is -0.137. The molecule has 0 saturated carbocycles. The summed E-state index contributed by atoms with van der Waals surface area (Å²) in [5.74, 6) is 0.476. The number of benzene rings is 1. The molecule has 146 valence electrons. The van der Waals surface area contributed by atoms with Crippen molar-refractivity contribution >= 4 is 5.82 Å². The van der Waals surface area contributed by atoms with Crippen LogP contribution in [0, 0.1) is 0 Å². The van der Waals surface area contributed by atoms with Crippen molar-refractivity contribution < 1.29 is 13.2 Å². The molecule has 1 aromatic carbocycles. The lowest BCUT2D eigenvalue weighted by Gasteiger charge is -2.23. The second kappa shape index (κ2) is 7.59. The Bertz CT molecular complexity index is 889. The molecule has 1 saturated heterocycles. The molecule has 0 aliphatic carbocycles. The SMILES string of the molecule is Cn1c(=O)cc(N2CCCN(Cc3cccc(C(F)(F)F)c3)CC2)[nH]c1=O. The van der Waals surface area contributed by atoms with Crippen LogP contribution in [0.1, 0.15) is 17.5 Å². The molecule has 1 aliphatic rings. The predicted molar refractivity (Wildman–Crippen MR) is 95.9 cm³/mol. The van der Waals surface area contributed by atoms with Gasteiger partial charge in [-0.3, -0.25) is 19.2 Å². The van der Waals surface area contributed by atoms with E-state index in [9.17, 15) is 22.8 Å². The predicted octanol–water partition coefficient (Wildman–Crippen LogP) is 1.80. The van der Waals surface area contributed by atoms with Gasteiger partial charge in [0.05, 0.1) is 5.56 Å². The maximum Gasteiger partial charge on any atom is 0.416 e. The van der Waals surface area contributed by atoms with Crippen LogP contribution in [-0.4, -0.2) is 40.6 Å². The van der Waals surface area contributed by atoms with Crippen LogP contribution in [0.25, 0.3) is 0 Å². The number of nitrogens with zero attached hydrogens (tertiary/aromatic N) is 3. The first-order valence-corrected chi connectivity index (χ1v) is 8.68. The molecule has 0 bridgehead atoms. The third kappa shape index (κ3) is 4.60. The summed E-state index contributed by atoms with van der Waals surface area (Å²) in [5.41, 5.74) is -0.879. The second-order valence-corrected chi connectivity index (χ2v) is 6.67. The third-order valence-electron chi connectivity index (χ3n) is 4.72. The Labute approximate surface area is 153 Å². The third-order valence-corrected chi connectivity index (χ3v) is 4.72. The fourth-order valence-electron chi connectivity index (χ4n) is 3.19. The number of anilines is 1. The van der Waals surface area contributed by atoms with Crippen LogP contribution in [0.5, 0.6) is 0 Å². The summed E-state index contributed by atoms with van der Waals surface area (Å²) < 4.78 is 39.6. The van der Waals surface area contributed by atoms with Gasteiger partial charge in [-0.15, -0.1) is 0 Å². The highest BCUT2D eigenvalue weighted by Gasteiger charge is 2.30. The Hall–Kier alpha value is -2.55. The van der Waals surface area contributed by atoms with Gasteiger partial charge in [-0.1, -0.05) is 18.2 Å². The lowest BCUT2D eigenvalue weighted by Crippen LogP contribution is -2.37. The summed E-state index contributed by atoms with van der Waals surface area (Å²) in [6.07, 6.45) is -3.58. The molecule has 1 aliphatic heterocycles. The normalized spacial score (nSPS) is 16.4. The molecule has 3 rings (SSSR count). The Balaban J connectivity index is 1.69. The first kappa shape index (κ1) is 19.2. The number of nitrogens with one attached hydrogen (secondary N) is 1. The van der Waals surface area contributed by atoms with Crippen LogP contribution < -0.4 is 16.1 Å². The van der Waals surface area contributed by atoms with E-state index in [0.717, 1.165) is 23.6 Å². The fourth-order valence-corrected chi connectivity index (χ4v) is 3.19. The molecule has 0 spiro atoms. The summed E-state index contributed by atoms with van der Waals surface area (Å²) in [7, 11) is 1.41. The zero-order chi connectivity index (χ0) is 19.6. The zero-order valence-electron chi connectivity index (χ0n) is 14.9. The smallest absolute Gasteiger partial charge is 0.357 e. The summed E-state index contributed by atoms with van der Waals surface area (Å²) in [4.78, 5) is 30.3. The van der Waals surface area contributed by atoms with Crippen molar-refractivity contribution in [2.24, 2.45) is 7.05 Å². The number of halogens is 3. The molecule has 0 unspecified atom stereocenters. The van der Waals surface area contributed by atoms with Gasteiger partial charge in [0.25, 0.3) is 5.56 Å². The van der Waals surface area contributed by atoms with Gasteiger partial charge < -0.3 is 4.90 Å². The molecule has 1 N–H and O–H groups in total. The number of aromatic amines is 1. The van der Waals surface area contributed by atoms with Gasteiger partial charge in [-0.05, 0) is 18.1 Å². The monoisotopic (exact) mass is 382 g/mol. The van der Waals surface area contributed by atoms with Gasteiger partial charge in [0.1, 0.15) is 5.82 Å². The number of rotatable bonds is 3. The maximum atomic E-state index is 12.9. The van der Waals surface area contributed by atoms with Crippen LogP contribution in [-0.2, 0) is 19.8 Å². The molecule has 27 heavy (non-hydrogen) atoms. The minimum atomic E-state index is -4.35. The second-order valence-electron chi connectivity index (χ2n) is 6.67. The fraction of sp³-hybridized carbons (Fsp3) is 0.444. The van der Waals surface area contributed by atoms with Crippen molar-refractivity contribution in [2.45, 2.75) is 19.1 Å². The van der Waals surface area contributed by atoms with Crippen molar-refractivity contribution in [1.29, 1.82) is 0 Å². The van der Waals surface area contributed by atoms with Gasteiger partial charge in [-0.25, -0.2) is 4.79 Å². The molecule has 2 heterocycles. The molecule has 1 fully saturated rings. The van der Waals surface area contributed by atoms with Gasteiger partial charge in [-0.2, -0.15) is 13.2 Å². The first-order chi connectivity index (χ1) is 12.7. The van der Waals surface area contributed by atoms with E-state index in [1.54, 1.807) is 6.07 Å². The first-order valence-electron chi connectivity index (χ1n) is 8.68. The van der Waals surface area contributed by atoms with E-state index < -0.39 is 17.4 Å². The van der Waals surface area contributed by atoms with Crippen molar-refractivity contribution in [3.8, 4) is 0 Å². The lowest BCUT2D eigenvalue weighted by atomic mass is 10.1. The Morgan fingerprint density at radius 1 is 1.07 bits per heavy atom. The quantitative estimate of drug-likeness (QED) is 0.880. The molecule has 9 heteroatoms. The minimum absolute atomic E-state index is 0.376. The van der Waals surface area contributed by atoms with E-state index in [-0.39, 0.29) is 5.56 Å². The van der Waals surface area contributed by atoms with E-state index in [4.69, 9.17) is 0 Å². The standard InChI is InChI=1S/C18H21F3N4O2/c1-23-16(26)11-15(22-17(23)27)25-7-3-6-24(8-9-25)12-13-4-2-5-14(10-13)18(19,20)21/h2,4-5,10-11H,3,6-9,12H2,1H3,(H,22,27). The van der Waals surface area contributed by atoms with Crippen molar-refractivity contribution in [3.05, 3.63) is 62.3 Å². The number of aromatic nitrogens is 2. The largest absolute Gasteiger partial charge is 0.416 e. The number of alkyl halides is 3. The van der Waals surface area contributed by atoms with Crippen molar-refractivity contribution in [2.75, 3.05) is 31.1 Å². The maximum absolute atomic E-state index is 12.9. The summed E-state index contributed by atoms with van der Waals surface area (Å²) in [6, 6.07) is 6.76. The highest BCUT2D eigenvalue weighted by atomic mass is 19.4. The van der Waals surface area contributed by atoms with E-state index in [1.165, 1.54) is 25.2 Å². The molecule has 0 atom stereocenters. The summed E-state index contributed by atoms with van der Waals surface area (Å²) >= 11 is 0. The Morgan fingerprint density at radius 2 is 1.85 bits per heavy atom. The highest BCUT2D eigenvalue weighted by Crippen LogP contribution is 2.29. The van der Waals surface area contributed by atoms with Gasteiger partial charge >= 0.3 is 11.9 Å². The Morgan fingerprint density at radius 3 is 2.56 bits per heavy atom. The molecule has 6 nitrogen and oxygen atoms in total. The van der Waals surface area contributed by atoms with E-state index in [2.05, 4.69) is 9.88 Å². The van der Waals surface area contributed by atoms with Crippen LogP contribution >= 0.6 is 0 Å². The number of hydrogen-bond donors (Lipinski definition) is 1. The van der Waals surface area contributed by atoms with Gasteiger partial charge in [0, 0.05) is 45.8 Å². The minimum Gasteiger partial charge on any atom is -0.357 e. The van der Waals surface area contributed by atoms with Crippen molar-refractivity contribution in [3.63, 3.8) is 0 Å². The van der Waals surface area contributed by atoms with Crippen LogP contribution in [0.15, 0.2) is 39.9 Å². The number of H-pyrrole nitrogens is 1. The Kier molecular flexibility index (Phi) is 5.41. The molecular weight excluding hydrogens is 361 g/mol. The van der Waals surface area contributed by atoms with Gasteiger partial charge in [0.2, 0.25) is 0 Å². The van der Waals surface area contributed by atoms with Crippen LogP contribution in [0.3, 0.4) is 0 Å². The number of hydrogen-bond acceptors (Lipinski definition) is 4. The van der Waals surface area contributed by atoms with Crippen LogP contribution in [0.4, 0.5) is 19.0 Å². The average molecular weight is 382 g/mol. The molecule has 1 aromatic heterocycles. The van der Waals surface area contributed by atoms with E-state index in [1.807, 2.05) is 4.90 Å². The molecule has 0 radical (unpaired) electrons. The summed E-state index contributed by atoms with van der Waals surface area (Å²) in [5, 5.41) is 0. The van der Waals surface area contributed by atoms with E-state index >= 15 is 0 Å². The van der Waals surface area contributed by atoms with Crippen molar-refractivity contribution in [1.82, 2.24) is 14.5 Å². The summed E-state index contributed by atoms with van der Waals surface area (Å²) in [6.45, 7) is 2.99. The topological polar surface area (TPSA) is 61.3 Å². The molecule has 0 amide bonds. The van der Waals surface area contributed by atoms with Crippen LogP contribution in [0.2, 0.25) is 0 Å². The zero-order valence-corrected chi connectivity index (χ0v) is 14.9. The van der Waals surface area contributed by atoms with Gasteiger partial charge in [0.15, 0.2) is 0 Å². The highest BCUT2D eigenvalue weighted by molar-refractivity contribution is 5.36. The molecule has 2 aromatic rings. The van der Waals surface area contributed by atoms with E-state index in [0.29, 0.717) is 37.6 Å².